The topological polar surface area (TPSA) is 74.8 Å². The first-order valence-electron chi connectivity index (χ1n) is 7.45. The van der Waals surface area contributed by atoms with Gasteiger partial charge in [-0.15, -0.1) is 0 Å². The quantitative estimate of drug-likeness (QED) is 0.826. The van der Waals surface area contributed by atoms with Crippen molar-refractivity contribution in [3.63, 3.8) is 0 Å². The Hall–Kier alpha value is -1.74. The Bertz CT molecular complexity index is 913. The molecule has 1 heterocycles. The van der Waals surface area contributed by atoms with E-state index < -0.39 is 26.1 Å². The molecule has 1 aliphatic rings. The Labute approximate surface area is 142 Å². The zero-order valence-corrected chi connectivity index (χ0v) is 14.7. The molecule has 0 bridgehead atoms. The Morgan fingerprint density at radius 2 is 1.25 bits per heavy atom. The Morgan fingerprint density at radius 1 is 0.792 bits per heavy atom. The lowest BCUT2D eigenvalue weighted by atomic mass is 10.4. The van der Waals surface area contributed by atoms with Gasteiger partial charge in [0, 0.05) is 12.6 Å². The van der Waals surface area contributed by atoms with Crippen LogP contribution in [0.25, 0.3) is 0 Å². The predicted octanol–water partition coefficient (Wildman–Crippen LogP) is 1.73. The van der Waals surface area contributed by atoms with Gasteiger partial charge in [-0.2, -0.15) is 8.61 Å². The van der Waals surface area contributed by atoms with Crippen molar-refractivity contribution in [1.29, 1.82) is 0 Å². The van der Waals surface area contributed by atoms with E-state index in [0.29, 0.717) is 0 Å². The normalized spacial score (nSPS) is 20.3. The maximum atomic E-state index is 12.8. The molecular formula is C16H18N2O4S2. The minimum Gasteiger partial charge on any atom is -0.207 e. The van der Waals surface area contributed by atoms with E-state index in [-0.39, 0.29) is 23.0 Å². The first-order chi connectivity index (χ1) is 11.3. The van der Waals surface area contributed by atoms with Gasteiger partial charge < -0.3 is 0 Å². The second kappa shape index (κ2) is 6.29. The molecule has 2 aromatic rings. The molecule has 0 unspecified atom stereocenters. The Morgan fingerprint density at radius 3 is 1.75 bits per heavy atom. The van der Waals surface area contributed by atoms with E-state index in [1.54, 1.807) is 43.3 Å². The van der Waals surface area contributed by atoms with Gasteiger partial charge in [0.25, 0.3) is 0 Å². The third kappa shape index (κ3) is 2.98. The van der Waals surface area contributed by atoms with Crippen molar-refractivity contribution in [3.05, 3.63) is 60.7 Å². The van der Waals surface area contributed by atoms with Gasteiger partial charge in [0.2, 0.25) is 20.0 Å². The van der Waals surface area contributed by atoms with Crippen LogP contribution < -0.4 is 0 Å². The summed E-state index contributed by atoms with van der Waals surface area (Å²) in [6, 6.07) is 15.6. The molecule has 0 saturated carbocycles. The maximum absolute atomic E-state index is 12.8. The van der Waals surface area contributed by atoms with Gasteiger partial charge in [-0.05, 0) is 31.2 Å². The lowest BCUT2D eigenvalue weighted by Crippen LogP contribution is -2.36. The first-order valence-corrected chi connectivity index (χ1v) is 10.3. The zero-order chi connectivity index (χ0) is 17.4. The molecule has 0 N–H and O–H groups in total. The molecule has 1 atom stereocenters. The van der Waals surface area contributed by atoms with Gasteiger partial charge in [0.1, 0.15) is 0 Å². The van der Waals surface area contributed by atoms with Crippen LogP contribution in [0.2, 0.25) is 0 Å². The Balaban J connectivity index is 1.91. The second-order valence-corrected chi connectivity index (χ2v) is 9.48. The van der Waals surface area contributed by atoms with E-state index in [1.165, 1.54) is 32.9 Å². The summed E-state index contributed by atoms with van der Waals surface area (Å²) in [5.74, 6) is 0. The van der Waals surface area contributed by atoms with Gasteiger partial charge in [-0.1, -0.05) is 36.4 Å². The molecule has 0 aromatic heterocycles. The number of benzene rings is 2. The van der Waals surface area contributed by atoms with Gasteiger partial charge in [-0.25, -0.2) is 16.8 Å². The fourth-order valence-corrected chi connectivity index (χ4v) is 5.86. The predicted molar refractivity (Wildman–Crippen MR) is 90.1 cm³/mol. The van der Waals surface area contributed by atoms with Crippen molar-refractivity contribution in [2.24, 2.45) is 0 Å². The summed E-state index contributed by atoms with van der Waals surface area (Å²) >= 11 is 0. The molecule has 0 spiro atoms. The van der Waals surface area contributed by atoms with Gasteiger partial charge >= 0.3 is 0 Å². The highest BCUT2D eigenvalue weighted by Gasteiger charge is 2.41. The first kappa shape index (κ1) is 17.1. The maximum Gasteiger partial charge on any atom is 0.244 e. The third-order valence-electron chi connectivity index (χ3n) is 3.99. The molecule has 0 radical (unpaired) electrons. The summed E-state index contributed by atoms with van der Waals surface area (Å²) < 4.78 is 53.3. The zero-order valence-electron chi connectivity index (χ0n) is 13.1. The van der Waals surface area contributed by atoms with E-state index in [4.69, 9.17) is 0 Å². The number of nitrogens with zero attached hydrogens (tertiary/aromatic N) is 2. The van der Waals surface area contributed by atoms with Gasteiger partial charge in [0.05, 0.1) is 16.5 Å². The molecular weight excluding hydrogens is 348 g/mol. The molecule has 8 heteroatoms. The molecule has 2 aromatic carbocycles. The van der Waals surface area contributed by atoms with E-state index in [9.17, 15) is 16.8 Å². The molecule has 0 aliphatic carbocycles. The summed E-state index contributed by atoms with van der Waals surface area (Å²) in [4.78, 5) is 0.326. The molecule has 1 fully saturated rings. The average Bonchev–Trinajstić information content (AvgIpc) is 3.00. The Kier molecular flexibility index (Phi) is 4.48. The molecule has 1 saturated heterocycles. The number of sulfonamides is 2. The lowest BCUT2D eigenvalue weighted by Gasteiger charge is -2.20. The molecule has 3 rings (SSSR count). The lowest BCUT2D eigenvalue weighted by molar-refractivity contribution is 0.390. The highest BCUT2D eigenvalue weighted by atomic mass is 32.2. The highest BCUT2D eigenvalue weighted by molar-refractivity contribution is 7.90. The molecule has 0 amide bonds. The summed E-state index contributed by atoms with van der Waals surface area (Å²) in [6.07, 6.45) is 0. The summed E-state index contributed by atoms with van der Waals surface area (Å²) in [7, 11) is -7.46. The van der Waals surface area contributed by atoms with Crippen LogP contribution in [0.1, 0.15) is 6.92 Å². The fraction of sp³-hybridized carbons (Fsp3) is 0.250. The van der Waals surface area contributed by atoms with Crippen LogP contribution >= 0.6 is 0 Å². The van der Waals surface area contributed by atoms with Crippen molar-refractivity contribution in [3.8, 4) is 0 Å². The van der Waals surface area contributed by atoms with Crippen molar-refractivity contribution in [2.45, 2.75) is 22.8 Å². The van der Waals surface area contributed by atoms with Gasteiger partial charge in [-0.3, -0.25) is 0 Å². The number of rotatable bonds is 4. The van der Waals surface area contributed by atoms with Crippen molar-refractivity contribution < 1.29 is 16.8 Å². The number of hydrogen-bond donors (Lipinski definition) is 0. The smallest absolute Gasteiger partial charge is 0.207 e. The minimum atomic E-state index is -3.74. The standard InChI is InChI=1S/C16H18N2O4S2/c1-14-12-17(23(19,20)15-8-4-2-5-9-15)13-18(14)24(21,22)16-10-6-3-7-11-16/h2-11,14H,12-13H2,1H3/t14-/m0/s1. The fourth-order valence-electron chi connectivity index (χ4n) is 2.69. The molecule has 6 nitrogen and oxygen atoms in total. The van der Waals surface area contributed by atoms with E-state index in [0.717, 1.165) is 0 Å². The minimum absolute atomic E-state index is 0.128. The van der Waals surface area contributed by atoms with Crippen LogP contribution in [0.3, 0.4) is 0 Å². The average molecular weight is 366 g/mol. The molecule has 24 heavy (non-hydrogen) atoms. The number of hydrogen-bond acceptors (Lipinski definition) is 4. The van der Waals surface area contributed by atoms with Crippen LogP contribution in [-0.2, 0) is 20.0 Å². The van der Waals surface area contributed by atoms with Crippen LogP contribution in [0.4, 0.5) is 0 Å². The molecule has 1 aliphatic heterocycles. The summed E-state index contributed by atoms with van der Waals surface area (Å²) in [5.41, 5.74) is 0. The summed E-state index contributed by atoms with van der Waals surface area (Å²) in [6.45, 7) is 1.65. The summed E-state index contributed by atoms with van der Waals surface area (Å²) in [5, 5.41) is 0. The van der Waals surface area contributed by atoms with Crippen molar-refractivity contribution >= 4 is 20.0 Å². The highest BCUT2D eigenvalue weighted by Crippen LogP contribution is 2.27. The largest absolute Gasteiger partial charge is 0.244 e. The van der Waals surface area contributed by atoms with Crippen LogP contribution in [0, 0.1) is 0 Å². The van der Waals surface area contributed by atoms with Crippen LogP contribution in [0.15, 0.2) is 70.5 Å². The molecule has 128 valence electrons. The van der Waals surface area contributed by atoms with Crippen LogP contribution in [0.5, 0.6) is 0 Å². The van der Waals surface area contributed by atoms with Gasteiger partial charge in [0.15, 0.2) is 0 Å². The van der Waals surface area contributed by atoms with Crippen LogP contribution in [-0.4, -0.2) is 44.7 Å². The van der Waals surface area contributed by atoms with E-state index in [1.807, 2.05) is 0 Å². The SMILES string of the molecule is C[C@H]1CN(S(=O)(=O)c2ccccc2)CN1S(=O)(=O)c1ccccc1. The van der Waals surface area contributed by atoms with E-state index in [2.05, 4.69) is 0 Å². The van der Waals surface area contributed by atoms with Crippen molar-refractivity contribution in [2.75, 3.05) is 13.2 Å². The van der Waals surface area contributed by atoms with Crippen molar-refractivity contribution in [1.82, 2.24) is 8.61 Å². The monoisotopic (exact) mass is 366 g/mol. The van der Waals surface area contributed by atoms with E-state index >= 15 is 0 Å². The second-order valence-electron chi connectivity index (χ2n) is 5.65. The third-order valence-corrected chi connectivity index (χ3v) is 7.76.